The fraction of sp³-hybridized carbons (Fsp3) is 0.300. The minimum Gasteiger partial charge on any atom is -0.338 e. The molecular weight excluding hydrogens is 312 g/mol. The molecule has 128 valence electrons. The van der Waals surface area contributed by atoms with Gasteiger partial charge in [0.2, 0.25) is 0 Å². The van der Waals surface area contributed by atoms with E-state index in [4.69, 9.17) is 5.10 Å². The number of aryl methyl sites for hydroxylation is 2. The third-order valence-electron chi connectivity index (χ3n) is 4.74. The van der Waals surface area contributed by atoms with Gasteiger partial charge < -0.3 is 9.47 Å². The van der Waals surface area contributed by atoms with Crippen molar-refractivity contribution in [2.75, 3.05) is 13.1 Å². The lowest BCUT2D eigenvalue weighted by atomic mass is 10.2. The van der Waals surface area contributed by atoms with Gasteiger partial charge in [0, 0.05) is 25.5 Å². The van der Waals surface area contributed by atoms with Crippen molar-refractivity contribution in [2.24, 2.45) is 0 Å². The lowest BCUT2D eigenvalue weighted by Gasteiger charge is -2.17. The molecule has 0 unspecified atom stereocenters. The van der Waals surface area contributed by atoms with Crippen LogP contribution in [0.3, 0.4) is 0 Å². The van der Waals surface area contributed by atoms with Crippen LogP contribution in [-0.2, 0) is 0 Å². The fourth-order valence-corrected chi connectivity index (χ4v) is 3.50. The monoisotopic (exact) mass is 334 g/mol. The second-order valence-electron chi connectivity index (χ2n) is 6.62. The van der Waals surface area contributed by atoms with E-state index in [2.05, 4.69) is 19.1 Å². The number of aromatic nitrogens is 3. The van der Waals surface area contributed by atoms with Gasteiger partial charge in [0.25, 0.3) is 5.91 Å². The molecule has 0 saturated carbocycles. The Morgan fingerprint density at radius 1 is 1.04 bits per heavy atom. The first-order valence-corrected chi connectivity index (χ1v) is 8.74. The molecule has 5 heteroatoms. The largest absolute Gasteiger partial charge is 0.338 e. The van der Waals surface area contributed by atoms with Crippen LogP contribution < -0.4 is 0 Å². The van der Waals surface area contributed by atoms with Crippen molar-refractivity contribution in [3.8, 4) is 11.5 Å². The van der Waals surface area contributed by atoms with Crippen molar-refractivity contribution < 1.29 is 4.79 Å². The highest BCUT2D eigenvalue weighted by atomic mass is 16.2. The van der Waals surface area contributed by atoms with Gasteiger partial charge in [-0.05, 0) is 56.5 Å². The Balaban J connectivity index is 1.91. The van der Waals surface area contributed by atoms with E-state index in [1.54, 1.807) is 0 Å². The lowest BCUT2D eigenvalue weighted by Crippen LogP contribution is -2.29. The highest BCUT2D eigenvalue weighted by Crippen LogP contribution is 2.26. The summed E-state index contributed by atoms with van der Waals surface area (Å²) in [6, 6.07) is 12.1. The highest BCUT2D eigenvalue weighted by molar-refractivity contribution is 5.98. The second-order valence-corrected chi connectivity index (χ2v) is 6.62. The summed E-state index contributed by atoms with van der Waals surface area (Å²) in [5.74, 6) is 0.891. The van der Waals surface area contributed by atoms with E-state index < -0.39 is 0 Å². The van der Waals surface area contributed by atoms with Crippen LogP contribution in [0.1, 0.15) is 34.5 Å². The lowest BCUT2D eigenvalue weighted by molar-refractivity contribution is 0.0792. The predicted octanol–water partition coefficient (Wildman–Crippen LogP) is 3.52. The number of carbonyl (C=O) groups is 1. The number of rotatable bonds is 3. The highest BCUT2D eigenvalue weighted by Gasteiger charge is 2.28. The van der Waals surface area contributed by atoms with Crippen LogP contribution in [0, 0.1) is 13.8 Å². The van der Waals surface area contributed by atoms with Crippen molar-refractivity contribution in [3.05, 3.63) is 65.6 Å². The van der Waals surface area contributed by atoms with Crippen LogP contribution in [-0.4, -0.2) is 38.2 Å². The van der Waals surface area contributed by atoms with Crippen molar-refractivity contribution in [1.29, 1.82) is 0 Å². The van der Waals surface area contributed by atoms with Crippen LogP contribution in [0.15, 0.2) is 48.8 Å². The van der Waals surface area contributed by atoms with Gasteiger partial charge in [-0.3, -0.25) is 4.79 Å². The van der Waals surface area contributed by atoms with E-state index in [1.807, 2.05) is 57.7 Å². The number of likely N-dealkylation sites (tertiary alicyclic amines) is 1. The Kier molecular flexibility index (Phi) is 3.92. The normalized spacial score (nSPS) is 14.2. The van der Waals surface area contributed by atoms with Gasteiger partial charge >= 0.3 is 0 Å². The first-order chi connectivity index (χ1) is 12.1. The maximum absolute atomic E-state index is 13.2. The number of hydrogen-bond acceptors (Lipinski definition) is 2. The SMILES string of the molecule is Cc1cccc(-n2nc(C)c(C(=O)N3CCCC3)c2-n2cccc2)c1. The molecule has 0 aliphatic carbocycles. The molecule has 4 rings (SSSR count). The zero-order valence-corrected chi connectivity index (χ0v) is 14.6. The molecule has 0 atom stereocenters. The molecule has 5 nitrogen and oxygen atoms in total. The first-order valence-electron chi connectivity index (χ1n) is 8.74. The van der Waals surface area contributed by atoms with Gasteiger partial charge in [-0.25, -0.2) is 4.68 Å². The molecule has 0 N–H and O–H groups in total. The molecule has 0 bridgehead atoms. The Morgan fingerprint density at radius 2 is 1.76 bits per heavy atom. The van der Waals surface area contributed by atoms with E-state index >= 15 is 0 Å². The van der Waals surface area contributed by atoms with Gasteiger partial charge in [0.15, 0.2) is 5.82 Å². The van der Waals surface area contributed by atoms with Crippen LogP contribution in [0.2, 0.25) is 0 Å². The minimum absolute atomic E-state index is 0.0811. The number of hydrogen-bond donors (Lipinski definition) is 0. The van der Waals surface area contributed by atoms with Crippen molar-refractivity contribution >= 4 is 5.91 Å². The fourth-order valence-electron chi connectivity index (χ4n) is 3.50. The van der Waals surface area contributed by atoms with E-state index in [0.717, 1.165) is 48.7 Å². The minimum atomic E-state index is 0.0811. The van der Waals surface area contributed by atoms with E-state index in [9.17, 15) is 4.79 Å². The molecule has 0 radical (unpaired) electrons. The molecule has 1 saturated heterocycles. The van der Waals surface area contributed by atoms with Crippen LogP contribution in [0.5, 0.6) is 0 Å². The van der Waals surface area contributed by atoms with Crippen molar-refractivity contribution in [2.45, 2.75) is 26.7 Å². The molecule has 3 aromatic rings. The number of benzene rings is 1. The molecular formula is C20H22N4O. The predicted molar refractivity (Wildman–Crippen MR) is 97.5 cm³/mol. The Bertz CT molecular complexity index is 902. The third kappa shape index (κ3) is 2.76. The molecule has 2 aromatic heterocycles. The van der Waals surface area contributed by atoms with Crippen LogP contribution >= 0.6 is 0 Å². The smallest absolute Gasteiger partial charge is 0.259 e. The summed E-state index contributed by atoms with van der Waals surface area (Å²) in [5.41, 5.74) is 3.59. The quantitative estimate of drug-likeness (QED) is 0.735. The zero-order chi connectivity index (χ0) is 17.4. The first kappa shape index (κ1) is 15.7. The molecule has 1 aromatic carbocycles. The van der Waals surface area contributed by atoms with Crippen molar-refractivity contribution in [1.82, 2.24) is 19.2 Å². The Morgan fingerprint density at radius 3 is 2.44 bits per heavy atom. The summed E-state index contributed by atoms with van der Waals surface area (Å²) >= 11 is 0. The summed E-state index contributed by atoms with van der Waals surface area (Å²) in [7, 11) is 0. The van der Waals surface area contributed by atoms with E-state index in [1.165, 1.54) is 0 Å². The third-order valence-corrected chi connectivity index (χ3v) is 4.74. The van der Waals surface area contributed by atoms with Gasteiger partial charge in [0.05, 0.1) is 11.4 Å². The second kappa shape index (κ2) is 6.24. The van der Waals surface area contributed by atoms with Crippen LogP contribution in [0.4, 0.5) is 0 Å². The molecule has 1 amide bonds. The van der Waals surface area contributed by atoms with Gasteiger partial charge in [0.1, 0.15) is 5.56 Å². The average molecular weight is 334 g/mol. The topological polar surface area (TPSA) is 43.1 Å². The maximum atomic E-state index is 13.2. The molecule has 1 aliphatic rings. The van der Waals surface area contributed by atoms with Gasteiger partial charge in [-0.15, -0.1) is 0 Å². The number of amides is 1. The summed E-state index contributed by atoms with van der Waals surface area (Å²) in [4.78, 5) is 15.1. The van der Waals surface area contributed by atoms with Gasteiger partial charge in [-0.2, -0.15) is 5.10 Å². The molecule has 3 heterocycles. The van der Waals surface area contributed by atoms with Crippen molar-refractivity contribution in [3.63, 3.8) is 0 Å². The molecule has 0 spiro atoms. The summed E-state index contributed by atoms with van der Waals surface area (Å²) < 4.78 is 3.86. The molecule has 1 fully saturated rings. The summed E-state index contributed by atoms with van der Waals surface area (Å²) in [5, 5.41) is 4.72. The zero-order valence-electron chi connectivity index (χ0n) is 14.6. The summed E-state index contributed by atoms with van der Waals surface area (Å²) in [6.45, 7) is 5.64. The average Bonchev–Trinajstić information content (AvgIpc) is 3.35. The molecule has 25 heavy (non-hydrogen) atoms. The number of nitrogens with zero attached hydrogens (tertiary/aromatic N) is 4. The Labute approximate surface area is 147 Å². The maximum Gasteiger partial charge on any atom is 0.259 e. The summed E-state index contributed by atoms with van der Waals surface area (Å²) in [6.07, 6.45) is 6.08. The van der Waals surface area contributed by atoms with E-state index in [-0.39, 0.29) is 5.91 Å². The standard InChI is InChI=1S/C20H22N4O/c1-15-8-7-9-17(14-15)24-19(22-10-3-4-11-22)18(16(2)21-24)20(25)23-12-5-6-13-23/h3-4,7-11,14H,5-6,12-13H2,1-2H3. The van der Waals surface area contributed by atoms with E-state index in [0.29, 0.717) is 5.56 Å². The van der Waals surface area contributed by atoms with Gasteiger partial charge in [-0.1, -0.05) is 12.1 Å². The number of carbonyl (C=O) groups excluding carboxylic acids is 1. The molecule has 1 aliphatic heterocycles. The van der Waals surface area contributed by atoms with Crippen LogP contribution in [0.25, 0.3) is 11.5 Å². The Hall–Kier alpha value is -2.82.